The lowest BCUT2D eigenvalue weighted by Crippen LogP contribution is -2.09. The van der Waals surface area contributed by atoms with Crippen LogP contribution in [0.3, 0.4) is 0 Å². The van der Waals surface area contributed by atoms with E-state index >= 15 is 0 Å². The Kier molecular flexibility index (Phi) is 4.74. The van der Waals surface area contributed by atoms with E-state index in [4.69, 9.17) is 10.5 Å². The van der Waals surface area contributed by atoms with Gasteiger partial charge in [0.2, 0.25) is 5.88 Å². The van der Waals surface area contributed by atoms with Crippen molar-refractivity contribution >= 4 is 29.0 Å². The van der Waals surface area contributed by atoms with Gasteiger partial charge in [-0.1, -0.05) is 0 Å². The first kappa shape index (κ1) is 14.5. The van der Waals surface area contributed by atoms with Gasteiger partial charge in [0.1, 0.15) is 5.82 Å². The van der Waals surface area contributed by atoms with E-state index in [0.29, 0.717) is 17.4 Å². The summed E-state index contributed by atoms with van der Waals surface area (Å²) >= 11 is 1.72. The number of rotatable bonds is 5. The van der Waals surface area contributed by atoms with Crippen molar-refractivity contribution in [3.8, 4) is 5.88 Å². The second-order valence-corrected chi connectivity index (χ2v) is 5.49. The Hall–Kier alpha value is -1.88. The first-order valence-electron chi connectivity index (χ1n) is 6.42. The molecule has 0 aliphatic carbocycles. The molecule has 20 heavy (non-hydrogen) atoms. The fraction of sp³-hybridized carbons (Fsp3) is 0.267. The van der Waals surface area contributed by atoms with E-state index in [1.54, 1.807) is 17.8 Å². The van der Waals surface area contributed by atoms with Gasteiger partial charge in [-0.3, -0.25) is 0 Å². The van der Waals surface area contributed by atoms with Gasteiger partial charge < -0.3 is 15.8 Å². The molecule has 0 fully saturated rings. The monoisotopic (exact) mass is 289 g/mol. The Morgan fingerprint density at radius 3 is 2.45 bits per heavy atom. The maximum atomic E-state index is 5.85. The smallest absolute Gasteiger partial charge is 0.239 e. The fourth-order valence-electron chi connectivity index (χ4n) is 1.66. The summed E-state index contributed by atoms with van der Waals surface area (Å²) in [6.07, 6.45) is 2.10. The molecular weight excluding hydrogens is 270 g/mol. The highest BCUT2D eigenvalue weighted by Crippen LogP contribution is 2.25. The van der Waals surface area contributed by atoms with Gasteiger partial charge in [0.05, 0.1) is 11.8 Å². The van der Waals surface area contributed by atoms with Crippen LogP contribution in [0.2, 0.25) is 0 Å². The summed E-state index contributed by atoms with van der Waals surface area (Å²) in [6, 6.07) is 11.8. The Bertz CT molecular complexity index is 570. The summed E-state index contributed by atoms with van der Waals surface area (Å²) in [5, 5.41) is 3.24. The summed E-state index contributed by atoms with van der Waals surface area (Å²) < 4.78 is 5.58. The molecule has 1 heterocycles. The van der Waals surface area contributed by atoms with Gasteiger partial charge in [-0.05, 0) is 56.5 Å². The lowest BCUT2D eigenvalue weighted by Gasteiger charge is -2.13. The molecule has 0 atom stereocenters. The molecule has 5 heteroatoms. The number of nitrogens with zero attached hydrogens (tertiary/aromatic N) is 1. The van der Waals surface area contributed by atoms with Crippen molar-refractivity contribution in [1.82, 2.24) is 4.98 Å². The summed E-state index contributed by atoms with van der Waals surface area (Å²) in [5.74, 6) is 1.18. The highest BCUT2D eigenvalue weighted by Gasteiger charge is 2.06. The molecule has 4 nitrogen and oxygen atoms in total. The number of nitrogen functional groups attached to an aromatic ring is 1. The zero-order valence-corrected chi connectivity index (χ0v) is 12.7. The van der Waals surface area contributed by atoms with E-state index in [1.807, 2.05) is 32.0 Å². The van der Waals surface area contributed by atoms with Gasteiger partial charge >= 0.3 is 0 Å². The second-order valence-electron chi connectivity index (χ2n) is 4.61. The molecule has 0 aliphatic rings. The molecule has 1 aromatic carbocycles. The lowest BCUT2D eigenvalue weighted by molar-refractivity contribution is 0.234. The Morgan fingerprint density at radius 1 is 1.15 bits per heavy atom. The first-order valence-corrected chi connectivity index (χ1v) is 7.65. The summed E-state index contributed by atoms with van der Waals surface area (Å²) in [4.78, 5) is 5.61. The molecule has 2 rings (SSSR count). The molecule has 0 amide bonds. The topological polar surface area (TPSA) is 60.2 Å². The Balaban J connectivity index is 2.16. The van der Waals surface area contributed by atoms with Crippen LogP contribution in [0.1, 0.15) is 13.8 Å². The molecule has 3 N–H and O–H groups in total. The van der Waals surface area contributed by atoms with Crippen molar-refractivity contribution in [2.24, 2.45) is 0 Å². The maximum Gasteiger partial charge on any atom is 0.239 e. The molecule has 1 aromatic heterocycles. The summed E-state index contributed by atoms with van der Waals surface area (Å²) in [6.45, 7) is 3.89. The molecule has 0 spiro atoms. The number of nitrogens with two attached hydrogens (primary N) is 1. The molecule has 106 valence electrons. The van der Waals surface area contributed by atoms with Gasteiger partial charge in [-0.25, -0.2) is 0 Å². The van der Waals surface area contributed by atoms with Crippen molar-refractivity contribution in [3.63, 3.8) is 0 Å². The Labute approximate surface area is 123 Å². The zero-order chi connectivity index (χ0) is 14.5. The number of pyridine rings is 1. The van der Waals surface area contributed by atoms with Gasteiger partial charge in [-0.2, -0.15) is 4.98 Å². The number of aromatic nitrogens is 1. The van der Waals surface area contributed by atoms with Gasteiger partial charge in [-0.15, -0.1) is 11.8 Å². The van der Waals surface area contributed by atoms with Crippen molar-refractivity contribution in [2.75, 3.05) is 17.3 Å². The SMILES string of the molecule is CSc1ccc(Nc2ccc(N)c(OC(C)C)n2)cc1. The van der Waals surface area contributed by atoms with Crippen molar-refractivity contribution in [2.45, 2.75) is 24.8 Å². The summed E-state index contributed by atoms with van der Waals surface area (Å²) in [5.41, 5.74) is 7.38. The van der Waals surface area contributed by atoms with E-state index in [9.17, 15) is 0 Å². The molecule has 0 aliphatic heterocycles. The van der Waals surface area contributed by atoms with Gasteiger partial charge in [0.15, 0.2) is 0 Å². The number of nitrogens with one attached hydrogen (secondary N) is 1. The van der Waals surface area contributed by atoms with Crippen LogP contribution in [0.4, 0.5) is 17.2 Å². The summed E-state index contributed by atoms with van der Waals surface area (Å²) in [7, 11) is 0. The van der Waals surface area contributed by atoms with Crippen LogP contribution in [0.15, 0.2) is 41.3 Å². The maximum absolute atomic E-state index is 5.85. The predicted molar refractivity (Wildman–Crippen MR) is 85.9 cm³/mol. The van der Waals surface area contributed by atoms with E-state index < -0.39 is 0 Å². The standard InChI is InChI=1S/C15H19N3OS/c1-10(2)19-15-13(16)8-9-14(18-15)17-11-4-6-12(20-3)7-5-11/h4-10H,16H2,1-3H3,(H,17,18). The minimum Gasteiger partial charge on any atom is -0.473 e. The predicted octanol–water partition coefficient (Wildman–Crippen LogP) is 3.92. The largest absolute Gasteiger partial charge is 0.473 e. The second kappa shape index (κ2) is 6.52. The molecule has 0 radical (unpaired) electrons. The number of hydrogen-bond donors (Lipinski definition) is 2. The van der Waals surface area contributed by atoms with E-state index in [1.165, 1.54) is 4.90 Å². The van der Waals surface area contributed by atoms with Crippen molar-refractivity contribution in [3.05, 3.63) is 36.4 Å². The van der Waals surface area contributed by atoms with Gasteiger partial charge in [0, 0.05) is 10.6 Å². The third-order valence-electron chi connectivity index (χ3n) is 2.60. The third kappa shape index (κ3) is 3.81. The van der Waals surface area contributed by atoms with Crippen LogP contribution >= 0.6 is 11.8 Å². The average molecular weight is 289 g/mol. The molecular formula is C15H19N3OS. The fourth-order valence-corrected chi connectivity index (χ4v) is 2.07. The zero-order valence-electron chi connectivity index (χ0n) is 11.9. The minimum atomic E-state index is 0.0425. The number of thioether (sulfide) groups is 1. The highest BCUT2D eigenvalue weighted by atomic mass is 32.2. The van der Waals surface area contributed by atoms with Gasteiger partial charge in [0.25, 0.3) is 0 Å². The van der Waals surface area contributed by atoms with Crippen LogP contribution in [0, 0.1) is 0 Å². The van der Waals surface area contributed by atoms with E-state index in [-0.39, 0.29) is 6.10 Å². The number of benzene rings is 1. The molecule has 0 bridgehead atoms. The first-order chi connectivity index (χ1) is 9.58. The van der Waals surface area contributed by atoms with Crippen molar-refractivity contribution in [1.29, 1.82) is 0 Å². The van der Waals surface area contributed by atoms with Crippen LogP contribution in [0.5, 0.6) is 5.88 Å². The number of anilines is 3. The van der Waals surface area contributed by atoms with Crippen LogP contribution in [-0.4, -0.2) is 17.3 Å². The highest BCUT2D eigenvalue weighted by molar-refractivity contribution is 7.98. The number of ether oxygens (including phenoxy) is 1. The van der Waals surface area contributed by atoms with E-state index in [2.05, 4.69) is 28.7 Å². The quantitative estimate of drug-likeness (QED) is 0.817. The number of hydrogen-bond acceptors (Lipinski definition) is 5. The Morgan fingerprint density at radius 2 is 1.85 bits per heavy atom. The van der Waals surface area contributed by atoms with Crippen LogP contribution in [0.25, 0.3) is 0 Å². The molecule has 0 saturated carbocycles. The molecule has 0 unspecified atom stereocenters. The van der Waals surface area contributed by atoms with Crippen molar-refractivity contribution < 1.29 is 4.74 Å². The minimum absolute atomic E-state index is 0.0425. The van der Waals surface area contributed by atoms with Crippen LogP contribution in [-0.2, 0) is 0 Å². The normalized spacial score (nSPS) is 10.6. The molecule has 2 aromatic rings. The average Bonchev–Trinajstić information content (AvgIpc) is 2.43. The lowest BCUT2D eigenvalue weighted by atomic mass is 10.3. The van der Waals surface area contributed by atoms with Crippen LogP contribution < -0.4 is 15.8 Å². The van der Waals surface area contributed by atoms with E-state index in [0.717, 1.165) is 5.69 Å². The third-order valence-corrected chi connectivity index (χ3v) is 3.34. The molecule has 0 saturated heterocycles.